The van der Waals surface area contributed by atoms with Crippen LogP contribution in [0.3, 0.4) is 0 Å². The van der Waals surface area contributed by atoms with E-state index in [1.165, 1.54) is 83.5 Å². The van der Waals surface area contributed by atoms with E-state index in [4.69, 9.17) is 23.8 Å². The molecule has 0 aliphatic carbocycles. The lowest BCUT2D eigenvalue weighted by molar-refractivity contribution is 0.0977. The Morgan fingerprint density at radius 1 is 0.828 bits per heavy atom. The lowest BCUT2D eigenvalue weighted by Crippen LogP contribution is -2.39. The van der Waals surface area contributed by atoms with Crippen molar-refractivity contribution in [2.24, 2.45) is 0 Å². The predicted octanol–water partition coefficient (Wildman–Crippen LogP) is 7.43. The van der Waals surface area contributed by atoms with Gasteiger partial charge in [-0.25, -0.2) is 0 Å². The summed E-state index contributed by atoms with van der Waals surface area (Å²) in [5.41, 5.74) is 0.440. The van der Waals surface area contributed by atoms with Crippen LogP contribution in [-0.4, -0.2) is 17.6 Å². The first-order chi connectivity index (χ1) is 14.1. The van der Waals surface area contributed by atoms with E-state index in [0.29, 0.717) is 15.7 Å². The van der Waals surface area contributed by atoms with Crippen LogP contribution >= 0.6 is 23.8 Å². The number of benzene rings is 1. The topological polar surface area (TPSA) is 41.1 Å². The van der Waals surface area contributed by atoms with Crippen molar-refractivity contribution < 1.29 is 4.79 Å². The SMILES string of the molecule is CCCCCCCCCCCCCCCCNC(=S)NC(=O)c1ccccc1Cl. The average Bonchev–Trinajstić information content (AvgIpc) is 2.71. The Morgan fingerprint density at radius 2 is 1.31 bits per heavy atom. The molecule has 2 N–H and O–H groups in total. The van der Waals surface area contributed by atoms with Gasteiger partial charge in [0.05, 0.1) is 10.6 Å². The average molecular weight is 439 g/mol. The fourth-order valence-electron chi connectivity index (χ4n) is 3.38. The molecule has 1 amide bonds. The first kappa shape index (κ1) is 25.9. The molecule has 0 unspecified atom stereocenters. The number of hydrogen-bond acceptors (Lipinski definition) is 2. The van der Waals surface area contributed by atoms with Gasteiger partial charge in [-0.15, -0.1) is 0 Å². The minimum absolute atomic E-state index is 0.269. The van der Waals surface area contributed by atoms with E-state index in [1.54, 1.807) is 24.3 Å². The zero-order valence-corrected chi connectivity index (χ0v) is 19.7. The molecule has 0 saturated heterocycles. The van der Waals surface area contributed by atoms with Crippen LogP contribution in [0.15, 0.2) is 24.3 Å². The summed E-state index contributed by atoms with van der Waals surface area (Å²) in [7, 11) is 0. The number of thiocarbonyl (C=S) groups is 1. The standard InChI is InChI=1S/C24H39ClN2OS/c1-2-3-4-5-6-7-8-9-10-11-12-13-14-17-20-26-24(29)27-23(28)21-18-15-16-19-22(21)25/h15-16,18-19H,2-14,17,20H2,1H3,(H2,26,27,28,29). The largest absolute Gasteiger partial charge is 0.362 e. The van der Waals surface area contributed by atoms with Crippen molar-refractivity contribution in [2.75, 3.05) is 6.54 Å². The summed E-state index contributed by atoms with van der Waals surface area (Å²) in [4.78, 5) is 12.1. The molecule has 1 aromatic carbocycles. The summed E-state index contributed by atoms with van der Waals surface area (Å²) in [6, 6.07) is 6.96. The maximum Gasteiger partial charge on any atom is 0.258 e. The molecule has 164 valence electrons. The Balaban J connectivity index is 1.89. The minimum Gasteiger partial charge on any atom is -0.362 e. The third kappa shape index (κ3) is 13.7. The number of halogens is 1. The molecule has 5 heteroatoms. The van der Waals surface area contributed by atoms with Gasteiger partial charge in [-0.1, -0.05) is 114 Å². The molecule has 29 heavy (non-hydrogen) atoms. The van der Waals surface area contributed by atoms with Gasteiger partial charge in [0.15, 0.2) is 5.11 Å². The van der Waals surface area contributed by atoms with E-state index in [-0.39, 0.29) is 5.91 Å². The van der Waals surface area contributed by atoms with Gasteiger partial charge in [-0.05, 0) is 30.8 Å². The molecule has 1 rings (SSSR count). The summed E-state index contributed by atoms with van der Waals surface area (Å²) in [5, 5.41) is 6.58. The van der Waals surface area contributed by atoms with Gasteiger partial charge >= 0.3 is 0 Å². The maximum atomic E-state index is 12.1. The van der Waals surface area contributed by atoms with Gasteiger partial charge in [0.25, 0.3) is 5.91 Å². The summed E-state index contributed by atoms with van der Waals surface area (Å²) in [6.07, 6.45) is 18.8. The van der Waals surface area contributed by atoms with Crippen molar-refractivity contribution in [3.63, 3.8) is 0 Å². The summed E-state index contributed by atoms with van der Waals surface area (Å²) >= 11 is 11.2. The number of amides is 1. The van der Waals surface area contributed by atoms with Crippen molar-refractivity contribution in [1.29, 1.82) is 0 Å². The lowest BCUT2D eigenvalue weighted by Gasteiger charge is -2.10. The highest BCUT2D eigenvalue weighted by Gasteiger charge is 2.10. The first-order valence-electron chi connectivity index (χ1n) is 11.5. The number of carbonyl (C=O) groups excluding carboxylic acids is 1. The van der Waals surface area contributed by atoms with Crippen LogP contribution in [-0.2, 0) is 0 Å². The second-order valence-corrected chi connectivity index (χ2v) is 8.60. The predicted molar refractivity (Wildman–Crippen MR) is 130 cm³/mol. The van der Waals surface area contributed by atoms with Crippen LogP contribution in [0.1, 0.15) is 107 Å². The molecule has 3 nitrogen and oxygen atoms in total. The first-order valence-corrected chi connectivity index (χ1v) is 12.3. The van der Waals surface area contributed by atoms with E-state index in [2.05, 4.69) is 17.6 Å². The number of rotatable bonds is 16. The molecular formula is C24H39ClN2OS. The van der Waals surface area contributed by atoms with Crippen molar-refractivity contribution in [1.82, 2.24) is 10.6 Å². The van der Waals surface area contributed by atoms with Crippen molar-refractivity contribution in [2.45, 2.75) is 96.8 Å². The highest BCUT2D eigenvalue weighted by atomic mass is 35.5. The molecule has 0 aromatic heterocycles. The van der Waals surface area contributed by atoms with E-state index in [1.807, 2.05) is 0 Å². The van der Waals surface area contributed by atoms with Crippen LogP contribution in [0.25, 0.3) is 0 Å². The molecule has 0 radical (unpaired) electrons. The lowest BCUT2D eigenvalue weighted by atomic mass is 10.0. The number of carbonyl (C=O) groups is 1. The number of hydrogen-bond donors (Lipinski definition) is 2. The van der Waals surface area contributed by atoms with Crippen LogP contribution in [0, 0.1) is 0 Å². The Hall–Kier alpha value is -1.13. The van der Waals surface area contributed by atoms with Crippen molar-refractivity contribution in [3.8, 4) is 0 Å². The fraction of sp³-hybridized carbons (Fsp3) is 0.667. The van der Waals surface area contributed by atoms with Gasteiger partial charge < -0.3 is 5.32 Å². The number of nitrogens with one attached hydrogen (secondary N) is 2. The summed E-state index contributed by atoms with van der Waals surface area (Å²) in [6.45, 7) is 3.06. The third-order valence-corrected chi connectivity index (χ3v) is 5.74. The monoisotopic (exact) mass is 438 g/mol. The van der Waals surface area contributed by atoms with Crippen LogP contribution in [0.5, 0.6) is 0 Å². The third-order valence-electron chi connectivity index (χ3n) is 5.16. The van der Waals surface area contributed by atoms with E-state index in [0.717, 1.165) is 13.0 Å². The smallest absolute Gasteiger partial charge is 0.258 e. The molecule has 1 aromatic rings. The van der Waals surface area contributed by atoms with E-state index in [9.17, 15) is 4.79 Å². The summed E-state index contributed by atoms with van der Waals surface area (Å²) < 4.78 is 0. The quantitative estimate of drug-likeness (QED) is 0.208. The highest BCUT2D eigenvalue weighted by molar-refractivity contribution is 7.80. The Kier molecular flexibility index (Phi) is 15.8. The van der Waals surface area contributed by atoms with Crippen LogP contribution in [0.2, 0.25) is 5.02 Å². The molecule has 0 fully saturated rings. The second kappa shape index (κ2) is 17.7. The van der Waals surface area contributed by atoms with Crippen LogP contribution < -0.4 is 10.6 Å². The molecule has 0 bridgehead atoms. The Labute approximate surface area is 188 Å². The molecule has 0 aliphatic rings. The van der Waals surface area contributed by atoms with E-state index >= 15 is 0 Å². The van der Waals surface area contributed by atoms with Crippen molar-refractivity contribution >= 4 is 34.8 Å². The zero-order valence-electron chi connectivity index (χ0n) is 18.1. The fourth-order valence-corrected chi connectivity index (χ4v) is 3.80. The minimum atomic E-state index is -0.269. The van der Waals surface area contributed by atoms with E-state index < -0.39 is 0 Å². The van der Waals surface area contributed by atoms with Gasteiger partial charge in [-0.3, -0.25) is 10.1 Å². The molecule has 0 heterocycles. The maximum absolute atomic E-state index is 12.1. The molecule has 0 saturated carbocycles. The highest BCUT2D eigenvalue weighted by Crippen LogP contribution is 2.14. The zero-order chi connectivity index (χ0) is 21.2. The second-order valence-electron chi connectivity index (χ2n) is 7.79. The Bertz CT molecular complexity index is 580. The van der Waals surface area contributed by atoms with Gasteiger partial charge in [0, 0.05) is 6.54 Å². The van der Waals surface area contributed by atoms with Crippen LogP contribution in [0.4, 0.5) is 0 Å². The van der Waals surface area contributed by atoms with Gasteiger partial charge in [0.1, 0.15) is 0 Å². The number of unbranched alkanes of at least 4 members (excludes halogenated alkanes) is 13. The van der Waals surface area contributed by atoms with Crippen molar-refractivity contribution in [3.05, 3.63) is 34.9 Å². The van der Waals surface area contributed by atoms with Gasteiger partial charge in [-0.2, -0.15) is 0 Å². The Morgan fingerprint density at radius 3 is 1.83 bits per heavy atom. The molecular weight excluding hydrogens is 400 g/mol. The van der Waals surface area contributed by atoms with Gasteiger partial charge in [0.2, 0.25) is 0 Å². The molecule has 0 aliphatic heterocycles. The summed E-state index contributed by atoms with van der Waals surface area (Å²) in [5.74, 6) is -0.269. The molecule has 0 spiro atoms. The molecule has 0 atom stereocenters. The normalized spacial score (nSPS) is 10.7.